The minimum absolute atomic E-state index is 0.0618. The van der Waals surface area contributed by atoms with Gasteiger partial charge in [-0.15, -0.1) is 0 Å². The van der Waals surface area contributed by atoms with Crippen molar-refractivity contribution in [3.63, 3.8) is 0 Å². The zero-order chi connectivity index (χ0) is 20.8. The highest BCUT2D eigenvalue weighted by molar-refractivity contribution is 6.31. The van der Waals surface area contributed by atoms with E-state index in [0.29, 0.717) is 22.8 Å². The number of carbonyl (C=O) groups is 2. The molecule has 1 aliphatic rings. The van der Waals surface area contributed by atoms with Gasteiger partial charge in [-0.25, -0.2) is 9.18 Å². The molecule has 0 spiro atoms. The van der Waals surface area contributed by atoms with E-state index in [1.54, 1.807) is 29.2 Å². The molecule has 3 rings (SSSR count). The Balaban J connectivity index is 1.62. The molecule has 29 heavy (non-hydrogen) atoms. The molecule has 154 valence electrons. The summed E-state index contributed by atoms with van der Waals surface area (Å²) in [5.74, 6) is -0.457. The number of halogens is 2. The zero-order valence-corrected chi connectivity index (χ0v) is 17.1. The molecule has 2 N–H and O–H groups in total. The fourth-order valence-electron chi connectivity index (χ4n) is 3.06. The fourth-order valence-corrected chi connectivity index (χ4v) is 3.28. The summed E-state index contributed by atoms with van der Waals surface area (Å²) in [6.45, 7) is 2.77. The monoisotopic (exact) mass is 417 g/mol. The summed E-state index contributed by atoms with van der Waals surface area (Å²) in [6.07, 6.45) is 2.93. The summed E-state index contributed by atoms with van der Waals surface area (Å²) in [7, 11) is 0. The van der Waals surface area contributed by atoms with E-state index in [4.69, 9.17) is 11.6 Å². The lowest BCUT2D eigenvalue weighted by atomic mass is 10.1. The highest BCUT2D eigenvalue weighted by Crippen LogP contribution is 2.31. The van der Waals surface area contributed by atoms with E-state index in [9.17, 15) is 14.0 Å². The van der Waals surface area contributed by atoms with Crippen molar-refractivity contribution in [1.29, 1.82) is 0 Å². The minimum atomic E-state index is -0.396. The average Bonchev–Trinajstić information content (AvgIpc) is 3.52. The number of hydrogen-bond donors (Lipinski definition) is 2. The predicted octanol–water partition coefficient (Wildman–Crippen LogP) is 4.74. The average molecular weight is 418 g/mol. The van der Waals surface area contributed by atoms with Crippen LogP contribution in [0.4, 0.5) is 14.9 Å². The van der Waals surface area contributed by atoms with E-state index in [1.807, 2.05) is 19.1 Å². The van der Waals surface area contributed by atoms with Crippen LogP contribution in [0.3, 0.4) is 0 Å². The summed E-state index contributed by atoms with van der Waals surface area (Å²) in [5.41, 5.74) is 1.85. The number of nitrogens with one attached hydrogen (secondary N) is 2. The number of rotatable bonds is 8. The van der Waals surface area contributed by atoms with Gasteiger partial charge in [-0.3, -0.25) is 4.79 Å². The third kappa shape index (κ3) is 5.94. The van der Waals surface area contributed by atoms with Crippen LogP contribution in [0.1, 0.15) is 37.3 Å². The Labute approximate surface area is 175 Å². The van der Waals surface area contributed by atoms with Crippen LogP contribution < -0.4 is 10.6 Å². The van der Waals surface area contributed by atoms with Gasteiger partial charge in [0.05, 0.1) is 13.0 Å². The first-order valence-corrected chi connectivity index (χ1v) is 10.2. The van der Waals surface area contributed by atoms with Crippen LogP contribution in [0.25, 0.3) is 0 Å². The maximum atomic E-state index is 14.1. The van der Waals surface area contributed by atoms with Gasteiger partial charge in [-0.1, -0.05) is 36.7 Å². The Hall–Kier alpha value is -2.60. The first kappa shape index (κ1) is 21.1. The molecular weight excluding hydrogens is 393 g/mol. The van der Waals surface area contributed by atoms with Crippen LogP contribution in [0.15, 0.2) is 42.5 Å². The topological polar surface area (TPSA) is 61.4 Å². The molecule has 0 unspecified atom stereocenters. The third-order valence-corrected chi connectivity index (χ3v) is 5.15. The molecule has 1 fully saturated rings. The van der Waals surface area contributed by atoms with Gasteiger partial charge in [0.1, 0.15) is 5.82 Å². The van der Waals surface area contributed by atoms with Gasteiger partial charge in [-0.2, -0.15) is 0 Å². The molecular formula is C22H25ClFN3O2. The molecule has 0 heterocycles. The minimum Gasteiger partial charge on any atom is -0.338 e. The Kier molecular flexibility index (Phi) is 7.09. The van der Waals surface area contributed by atoms with Gasteiger partial charge in [0.2, 0.25) is 5.91 Å². The van der Waals surface area contributed by atoms with Crippen molar-refractivity contribution in [3.8, 4) is 0 Å². The largest absolute Gasteiger partial charge is 0.338 e. The summed E-state index contributed by atoms with van der Waals surface area (Å²) in [5, 5.41) is 5.83. The molecule has 0 atom stereocenters. The lowest BCUT2D eigenvalue weighted by Crippen LogP contribution is -2.34. The van der Waals surface area contributed by atoms with Gasteiger partial charge in [0.15, 0.2) is 0 Å². The van der Waals surface area contributed by atoms with Crippen molar-refractivity contribution in [2.45, 2.75) is 45.2 Å². The van der Waals surface area contributed by atoms with Crippen LogP contribution in [-0.2, 0) is 17.8 Å². The molecule has 0 saturated heterocycles. The molecule has 2 aromatic rings. The standard InChI is InChI=1S/C22H25ClFN3O2/c1-2-12-25-22(29)26-16-8-6-15(7-9-16)13-21(28)27(17-10-11-17)14-18-19(23)4-3-5-20(18)24/h3-9,17H,2,10-14H2,1H3,(H2,25,26,29). The first-order valence-electron chi connectivity index (χ1n) is 9.84. The summed E-state index contributed by atoms with van der Waals surface area (Å²) < 4.78 is 14.1. The molecule has 0 aromatic heterocycles. The first-order chi connectivity index (χ1) is 14.0. The van der Waals surface area contributed by atoms with Crippen molar-refractivity contribution in [2.75, 3.05) is 11.9 Å². The molecule has 0 radical (unpaired) electrons. The number of benzene rings is 2. The van der Waals surface area contributed by atoms with Gasteiger partial charge in [0.25, 0.3) is 0 Å². The van der Waals surface area contributed by atoms with Gasteiger partial charge in [0, 0.05) is 28.9 Å². The van der Waals surface area contributed by atoms with E-state index in [0.717, 1.165) is 24.8 Å². The van der Waals surface area contributed by atoms with Crippen molar-refractivity contribution in [1.82, 2.24) is 10.2 Å². The van der Waals surface area contributed by atoms with Gasteiger partial charge >= 0.3 is 6.03 Å². The maximum Gasteiger partial charge on any atom is 0.319 e. The van der Waals surface area contributed by atoms with E-state index < -0.39 is 5.82 Å². The normalized spacial score (nSPS) is 13.1. The van der Waals surface area contributed by atoms with Crippen LogP contribution in [0.2, 0.25) is 5.02 Å². The number of amides is 3. The van der Waals surface area contributed by atoms with Crippen LogP contribution in [-0.4, -0.2) is 29.4 Å². The van der Waals surface area contributed by atoms with Crippen LogP contribution >= 0.6 is 11.6 Å². The van der Waals surface area contributed by atoms with Crippen molar-refractivity contribution >= 4 is 29.2 Å². The van der Waals surface area contributed by atoms with E-state index >= 15 is 0 Å². The maximum absolute atomic E-state index is 14.1. The van der Waals surface area contributed by atoms with E-state index in [-0.39, 0.29) is 30.9 Å². The third-order valence-electron chi connectivity index (χ3n) is 4.80. The molecule has 3 amide bonds. The fraction of sp³-hybridized carbons (Fsp3) is 0.364. The van der Waals surface area contributed by atoms with Crippen LogP contribution in [0, 0.1) is 5.82 Å². The van der Waals surface area contributed by atoms with E-state index in [2.05, 4.69) is 10.6 Å². The summed E-state index contributed by atoms with van der Waals surface area (Å²) in [4.78, 5) is 26.3. The second-order valence-electron chi connectivity index (χ2n) is 7.21. The van der Waals surface area contributed by atoms with Gasteiger partial charge in [-0.05, 0) is 49.1 Å². The van der Waals surface area contributed by atoms with Crippen molar-refractivity contribution < 1.29 is 14.0 Å². The molecule has 2 aromatic carbocycles. The summed E-state index contributed by atoms with van der Waals surface area (Å²) in [6, 6.07) is 11.6. The Bertz CT molecular complexity index is 849. The smallest absolute Gasteiger partial charge is 0.319 e. The quantitative estimate of drug-likeness (QED) is 0.651. The molecule has 1 saturated carbocycles. The Morgan fingerprint density at radius 3 is 2.52 bits per heavy atom. The molecule has 0 bridgehead atoms. The van der Waals surface area contributed by atoms with E-state index in [1.165, 1.54) is 6.07 Å². The SMILES string of the molecule is CCCNC(=O)Nc1ccc(CC(=O)N(Cc2c(F)cccc2Cl)C2CC2)cc1. The zero-order valence-electron chi connectivity index (χ0n) is 16.4. The Morgan fingerprint density at radius 2 is 1.90 bits per heavy atom. The lowest BCUT2D eigenvalue weighted by Gasteiger charge is -2.23. The highest BCUT2D eigenvalue weighted by Gasteiger charge is 2.33. The summed E-state index contributed by atoms with van der Waals surface area (Å²) >= 11 is 6.14. The predicted molar refractivity (Wildman–Crippen MR) is 112 cm³/mol. The van der Waals surface area contributed by atoms with Gasteiger partial charge < -0.3 is 15.5 Å². The number of carbonyl (C=O) groups excluding carboxylic acids is 2. The molecule has 1 aliphatic carbocycles. The number of nitrogens with zero attached hydrogens (tertiary/aromatic N) is 1. The number of anilines is 1. The second-order valence-corrected chi connectivity index (χ2v) is 7.61. The molecule has 5 nitrogen and oxygen atoms in total. The molecule has 7 heteroatoms. The van der Waals surface area contributed by atoms with Crippen molar-refractivity contribution in [2.24, 2.45) is 0 Å². The lowest BCUT2D eigenvalue weighted by molar-refractivity contribution is -0.131. The molecule has 0 aliphatic heterocycles. The van der Waals surface area contributed by atoms with Crippen LogP contribution in [0.5, 0.6) is 0 Å². The number of urea groups is 1. The number of hydrogen-bond acceptors (Lipinski definition) is 2. The highest BCUT2D eigenvalue weighted by atomic mass is 35.5. The van der Waals surface area contributed by atoms with Crippen molar-refractivity contribution in [3.05, 3.63) is 64.4 Å². The second kappa shape index (κ2) is 9.74. The Morgan fingerprint density at radius 1 is 1.17 bits per heavy atom.